The Bertz CT molecular complexity index is 1320. The van der Waals surface area contributed by atoms with Crippen molar-refractivity contribution in [2.24, 2.45) is 11.0 Å². The Morgan fingerprint density at radius 1 is 1.03 bits per heavy atom. The van der Waals surface area contributed by atoms with E-state index >= 15 is 0 Å². The maximum absolute atomic E-state index is 13.5. The van der Waals surface area contributed by atoms with E-state index in [0.29, 0.717) is 6.61 Å². The number of ether oxygens (including phenoxy) is 2. The molecule has 0 bridgehead atoms. The number of hydrazone groups is 1. The van der Waals surface area contributed by atoms with Crippen molar-refractivity contribution < 1.29 is 19.1 Å². The van der Waals surface area contributed by atoms with Crippen molar-refractivity contribution in [2.45, 2.75) is 32.2 Å². The molecule has 2 aromatic carbocycles. The molecule has 2 atom stereocenters. The number of carbonyl (C=O) groups is 2. The number of benzene rings is 2. The third-order valence-corrected chi connectivity index (χ3v) is 6.64. The standard InChI is InChI=1S/C30H29N3O4/c1-2-36-29-25(17-10-18-31-29)30(35)37-20-26(34)33-28(22-13-7-4-8-14-22)24-16-9-15-23(27(24)32-33)19-21-11-5-3-6-12-21/h3-8,10-14,17-19,24,28H,2,9,15-16,20H2,1H3. The van der Waals surface area contributed by atoms with Crippen LogP contribution in [0, 0.1) is 5.92 Å². The van der Waals surface area contributed by atoms with Crippen molar-refractivity contribution in [3.63, 3.8) is 0 Å². The van der Waals surface area contributed by atoms with E-state index in [0.717, 1.165) is 41.7 Å². The summed E-state index contributed by atoms with van der Waals surface area (Å²) in [5.74, 6) is -0.763. The lowest BCUT2D eigenvalue weighted by atomic mass is 9.77. The van der Waals surface area contributed by atoms with Gasteiger partial charge < -0.3 is 9.47 Å². The van der Waals surface area contributed by atoms with Gasteiger partial charge in [0, 0.05) is 12.1 Å². The first-order valence-electron chi connectivity index (χ1n) is 12.6. The van der Waals surface area contributed by atoms with Gasteiger partial charge in [0.05, 0.1) is 18.4 Å². The molecule has 2 unspecified atom stereocenters. The maximum Gasteiger partial charge on any atom is 0.344 e. The van der Waals surface area contributed by atoms with Crippen LogP contribution < -0.4 is 4.74 Å². The van der Waals surface area contributed by atoms with Crippen LogP contribution in [0.2, 0.25) is 0 Å². The number of aromatic nitrogens is 1. The Hall–Kier alpha value is -4.26. The molecule has 188 valence electrons. The topological polar surface area (TPSA) is 81.1 Å². The maximum atomic E-state index is 13.5. The van der Waals surface area contributed by atoms with Gasteiger partial charge >= 0.3 is 5.97 Å². The molecule has 1 fully saturated rings. The van der Waals surface area contributed by atoms with E-state index in [4.69, 9.17) is 14.6 Å². The Morgan fingerprint density at radius 3 is 2.54 bits per heavy atom. The lowest BCUT2D eigenvalue weighted by Crippen LogP contribution is -2.34. The molecule has 0 N–H and O–H groups in total. The molecular formula is C30H29N3O4. The van der Waals surface area contributed by atoms with E-state index < -0.39 is 12.6 Å². The summed E-state index contributed by atoms with van der Waals surface area (Å²) < 4.78 is 10.8. The summed E-state index contributed by atoms with van der Waals surface area (Å²) >= 11 is 0. The van der Waals surface area contributed by atoms with Crippen molar-refractivity contribution in [1.82, 2.24) is 9.99 Å². The highest BCUT2D eigenvalue weighted by Crippen LogP contribution is 2.44. The van der Waals surface area contributed by atoms with E-state index in [-0.39, 0.29) is 29.3 Å². The zero-order valence-electron chi connectivity index (χ0n) is 20.7. The van der Waals surface area contributed by atoms with Gasteiger partial charge in [0.25, 0.3) is 5.91 Å². The largest absolute Gasteiger partial charge is 0.477 e. The molecule has 0 saturated heterocycles. The molecule has 37 heavy (non-hydrogen) atoms. The fourth-order valence-corrected chi connectivity index (χ4v) is 5.01. The van der Waals surface area contributed by atoms with E-state index in [2.05, 4.69) is 23.2 Å². The molecular weight excluding hydrogens is 466 g/mol. The van der Waals surface area contributed by atoms with Gasteiger partial charge in [0.1, 0.15) is 5.56 Å². The van der Waals surface area contributed by atoms with Gasteiger partial charge in [-0.25, -0.2) is 14.8 Å². The highest BCUT2D eigenvalue weighted by atomic mass is 16.5. The summed E-state index contributed by atoms with van der Waals surface area (Å²) in [5, 5.41) is 6.36. The molecule has 2 aliphatic rings. The second-order valence-corrected chi connectivity index (χ2v) is 9.02. The summed E-state index contributed by atoms with van der Waals surface area (Å²) in [7, 11) is 0. The second kappa shape index (κ2) is 11.2. The molecule has 2 heterocycles. The highest BCUT2D eigenvalue weighted by molar-refractivity contribution is 6.08. The fourth-order valence-electron chi connectivity index (χ4n) is 5.01. The monoisotopic (exact) mass is 495 g/mol. The normalized spacial score (nSPS) is 19.8. The Morgan fingerprint density at radius 2 is 1.78 bits per heavy atom. The van der Waals surface area contributed by atoms with Crippen LogP contribution in [0.15, 0.2) is 89.7 Å². The number of esters is 1. The van der Waals surface area contributed by atoms with E-state index in [1.165, 1.54) is 5.01 Å². The minimum absolute atomic E-state index is 0.0774. The first-order valence-corrected chi connectivity index (χ1v) is 12.6. The van der Waals surface area contributed by atoms with Crippen LogP contribution in [0.4, 0.5) is 0 Å². The Kier molecular flexibility index (Phi) is 7.40. The SMILES string of the molecule is CCOc1ncccc1C(=O)OCC(=O)N1N=C2C(=Cc3ccccc3)CCCC2C1c1ccccc1. The summed E-state index contributed by atoms with van der Waals surface area (Å²) in [6.45, 7) is 1.74. The van der Waals surface area contributed by atoms with E-state index in [1.54, 1.807) is 18.3 Å². The number of fused-ring (bicyclic) bond motifs is 1. The molecule has 1 saturated carbocycles. The molecule has 0 radical (unpaired) electrons. The molecule has 1 aliphatic carbocycles. The summed E-state index contributed by atoms with van der Waals surface area (Å²) in [5.41, 5.74) is 4.39. The van der Waals surface area contributed by atoms with Crippen LogP contribution in [0.3, 0.4) is 0 Å². The van der Waals surface area contributed by atoms with Gasteiger partial charge in [-0.05, 0) is 61.1 Å². The molecule has 0 spiro atoms. The van der Waals surface area contributed by atoms with Crippen LogP contribution >= 0.6 is 0 Å². The van der Waals surface area contributed by atoms with E-state index in [1.807, 2.05) is 55.5 Å². The molecule has 1 aliphatic heterocycles. The van der Waals surface area contributed by atoms with Crippen molar-refractivity contribution in [3.8, 4) is 5.88 Å². The molecule has 3 aromatic rings. The fraction of sp³-hybridized carbons (Fsp3) is 0.267. The van der Waals surface area contributed by atoms with E-state index in [9.17, 15) is 9.59 Å². The van der Waals surface area contributed by atoms with Gasteiger partial charge in [0.2, 0.25) is 5.88 Å². The van der Waals surface area contributed by atoms with Crippen molar-refractivity contribution in [3.05, 3.63) is 101 Å². The number of amides is 1. The van der Waals surface area contributed by atoms with Gasteiger partial charge in [-0.1, -0.05) is 60.7 Å². The Labute approximate surface area is 216 Å². The molecule has 7 heteroatoms. The van der Waals surface area contributed by atoms with Gasteiger partial charge in [-0.15, -0.1) is 0 Å². The van der Waals surface area contributed by atoms with Crippen LogP contribution in [-0.4, -0.2) is 40.8 Å². The lowest BCUT2D eigenvalue weighted by Gasteiger charge is -2.29. The first kappa shape index (κ1) is 24.4. The van der Waals surface area contributed by atoms with Crippen molar-refractivity contribution >= 4 is 23.7 Å². The third kappa shape index (κ3) is 5.31. The number of rotatable bonds is 7. The third-order valence-electron chi connectivity index (χ3n) is 6.64. The molecule has 1 amide bonds. The molecule has 7 nitrogen and oxygen atoms in total. The molecule has 5 rings (SSSR count). The van der Waals surface area contributed by atoms with Crippen molar-refractivity contribution in [2.75, 3.05) is 13.2 Å². The average molecular weight is 496 g/mol. The minimum atomic E-state index is -0.657. The minimum Gasteiger partial charge on any atom is -0.477 e. The number of allylic oxidation sites excluding steroid dienone is 1. The number of carbonyl (C=O) groups excluding carboxylic acids is 2. The van der Waals surface area contributed by atoms with Crippen LogP contribution in [0.5, 0.6) is 5.88 Å². The summed E-state index contributed by atoms with van der Waals surface area (Å²) in [4.78, 5) is 30.3. The zero-order chi connectivity index (χ0) is 25.6. The summed E-state index contributed by atoms with van der Waals surface area (Å²) in [6.07, 6.45) is 6.56. The van der Waals surface area contributed by atoms with Gasteiger partial charge in [-0.2, -0.15) is 5.10 Å². The predicted octanol–water partition coefficient (Wildman–Crippen LogP) is 5.46. The number of pyridine rings is 1. The smallest absolute Gasteiger partial charge is 0.344 e. The summed E-state index contributed by atoms with van der Waals surface area (Å²) in [6, 6.07) is 23.0. The Balaban J connectivity index is 1.41. The molecule has 1 aromatic heterocycles. The van der Waals surface area contributed by atoms with Crippen LogP contribution in [0.25, 0.3) is 6.08 Å². The average Bonchev–Trinajstić information content (AvgIpc) is 3.34. The number of nitrogens with zero attached hydrogens (tertiary/aromatic N) is 3. The second-order valence-electron chi connectivity index (χ2n) is 9.02. The quantitative estimate of drug-likeness (QED) is 0.407. The number of hydrogen-bond acceptors (Lipinski definition) is 6. The zero-order valence-corrected chi connectivity index (χ0v) is 20.7. The lowest BCUT2D eigenvalue weighted by molar-refractivity contribution is -0.137. The number of hydrogen-bond donors (Lipinski definition) is 0. The predicted molar refractivity (Wildman–Crippen MR) is 141 cm³/mol. The van der Waals surface area contributed by atoms with Crippen LogP contribution in [0.1, 0.15) is 53.7 Å². The van der Waals surface area contributed by atoms with Crippen molar-refractivity contribution in [1.29, 1.82) is 0 Å². The van der Waals surface area contributed by atoms with Gasteiger partial charge in [-0.3, -0.25) is 4.79 Å². The van der Waals surface area contributed by atoms with Gasteiger partial charge in [0.15, 0.2) is 6.61 Å². The van der Waals surface area contributed by atoms with Crippen LogP contribution in [-0.2, 0) is 9.53 Å². The highest BCUT2D eigenvalue weighted by Gasteiger charge is 2.43. The first-order chi connectivity index (χ1) is 18.2.